The highest BCUT2D eigenvalue weighted by Crippen LogP contribution is 2.19. The number of aliphatic hydroxyl groups is 2. The van der Waals surface area contributed by atoms with Crippen molar-refractivity contribution in [3.8, 4) is 12.3 Å². The molecule has 1 rings (SSSR count). The normalized spacial score (nSPS) is 11.5. The Morgan fingerprint density at radius 1 is 0.946 bits per heavy atom. The predicted octanol–water partition coefficient (Wildman–Crippen LogP) is 8.80. The maximum Gasteiger partial charge on any atom is 0.0506 e. The average molecular weight is 517 g/mol. The third kappa shape index (κ3) is 30.3. The Morgan fingerprint density at radius 3 is 2.22 bits per heavy atom. The molecule has 3 nitrogen and oxygen atoms in total. The van der Waals surface area contributed by atoms with Crippen LogP contribution >= 0.6 is 0 Å². The molecule has 2 atom stereocenters. The molecule has 3 heteroatoms. The first-order valence-electron chi connectivity index (χ1n) is 14.4. The zero-order valence-electron chi connectivity index (χ0n) is 25.0. The number of terminal acetylenes is 1. The van der Waals surface area contributed by atoms with Crippen LogP contribution in [0.3, 0.4) is 0 Å². The van der Waals surface area contributed by atoms with E-state index in [1.165, 1.54) is 63.4 Å². The topological polar surface area (TPSA) is 49.7 Å². The summed E-state index contributed by atoms with van der Waals surface area (Å²) in [7, 11) is 2.00. The van der Waals surface area contributed by atoms with Gasteiger partial charge in [-0.15, -0.1) is 18.9 Å². The molecule has 0 radical (unpaired) electrons. The minimum absolute atomic E-state index is 0.443. The molecule has 2 unspecified atom stereocenters. The molecule has 0 saturated carbocycles. The van der Waals surface area contributed by atoms with Gasteiger partial charge in [-0.25, -0.2) is 0 Å². The number of hydrogen-bond acceptors (Lipinski definition) is 3. The van der Waals surface area contributed by atoms with Crippen LogP contribution in [0.5, 0.6) is 0 Å². The average Bonchev–Trinajstić information content (AvgIpc) is 2.95. The highest BCUT2D eigenvalue weighted by molar-refractivity contribution is 5.14. The molecule has 1 aromatic rings. The Morgan fingerprint density at radius 2 is 1.65 bits per heavy atom. The summed E-state index contributed by atoms with van der Waals surface area (Å²) in [6, 6.07) is 10.9. The van der Waals surface area contributed by atoms with E-state index in [1.54, 1.807) is 0 Å². The first-order chi connectivity index (χ1) is 18.2. The van der Waals surface area contributed by atoms with Crippen molar-refractivity contribution in [2.45, 2.75) is 104 Å². The van der Waals surface area contributed by atoms with Gasteiger partial charge in [-0.05, 0) is 62.8 Å². The molecule has 1 aromatic carbocycles. The lowest BCUT2D eigenvalue weighted by Crippen LogP contribution is -2.09. The molecule has 0 aromatic heterocycles. The second-order valence-corrected chi connectivity index (χ2v) is 9.09. The largest absolute Gasteiger partial charge is 0.400 e. The van der Waals surface area contributed by atoms with E-state index in [9.17, 15) is 0 Å². The van der Waals surface area contributed by atoms with E-state index in [1.807, 2.05) is 6.08 Å². The molecule has 0 fully saturated rings. The lowest BCUT2D eigenvalue weighted by atomic mass is 9.93. The van der Waals surface area contributed by atoms with E-state index >= 15 is 0 Å². The fourth-order valence-electron chi connectivity index (χ4n) is 4.04. The van der Waals surface area contributed by atoms with Crippen molar-refractivity contribution < 1.29 is 14.9 Å². The standard InChI is InChI=1S/C17H28.C15H24O.2CH4O/c1-3-11-16(4-2)12-7-5-8-13-17-14-9-6-10-15-17;1-4-7-8-9-10-13-16-14-15(11-5-2)12-6-3;2*1-2/h6,9-10,14-16H,3-5,7-8,11-13H2,1-2H3;2,4,6-7,15H,3,8-14H2,1H3;2*2H,1H3/b;7-4-;;. The Labute approximate surface area is 231 Å². The number of aryl methyl sites for hydroxylation is 1. The fourth-order valence-corrected chi connectivity index (χ4v) is 4.04. The van der Waals surface area contributed by atoms with Crippen LogP contribution in [0, 0.1) is 24.2 Å². The Bertz CT molecular complexity index is 603. The maximum atomic E-state index is 7.00. The van der Waals surface area contributed by atoms with E-state index in [2.05, 4.69) is 75.8 Å². The minimum Gasteiger partial charge on any atom is -0.400 e. The minimum atomic E-state index is 0.443. The number of allylic oxidation sites excluding steroid dienone is 3. The summed E-state index contributed by atoms with van der Waals surface area (Å²) < 4.78 is 5.61. The number of benzene rings is 1. The molecule has 0 aliphatic carbocycles. The van der Waals surface area contributed by atoms with Gasteiger partial charge in [-0.3, -0.25) is 0 Å². The highest BCUT2D eigenvalue weighted by Gasteiger charge is 2.05. The molecule has 0 heterocycles. The lowest BCUT2D eigenvalue weighted by Gasteiger charge is -2.13. The molecule has 37 heavy (non-hydrogen) atoms. The second-order valence-electron chi connectivity index (χ2n) is 9.09. The highest BCUT2D eigenvalue weighted by atomic mass is 16.5. The second kappa shape index (κ2) is 36.3. The first-order valence-corrected chi connectivity index (χ1v) is 14.4. The van der Waals surface area contributed by atoms with E-state index in [-0.39, 0.29) is 0 Å². The van der Waals surface area contributed by atoms with Crippen molar-refractivity contribution in [2.75, 3.05) is 27.4 Å². The number of unbranched alkanes of at least 4 members (excludes halogenated alkanes) is 4. The fraction of sp³-hybridized carbons (Fsp3) is 0.647. The van der Waals surface area contributed by atoms with E-state index in [0.717, 1.165) is 59.0 Å². The molecule has 0 bridgehead atoms. The van der Waals surface area contributed by atoms with Crippen LogP contribution in [0.25, 0.3) is 0 Å². The number of rotatable bonds is 19. The molecular weight excluding hydrogens is 456 g/mol. The van der Waals surface area contributed by atoms with Crippen LogP contribution in [-0.4, -0.2) is 37.6 Å². The number of aliphatic hydroxyl groups excluding tert-OH is 2. The van der Waals surface area contributed by atoms with Gasteiger partial charge in [0.2, 0.25) is 0 Å². The third-order valence-electron chi connectivity index (χ3n) is 6.10. The van der Waals surface area contributed by atoms with Gasteiger partial charge in [0.1, 0.15) is 0 Å². The Balaban J connectivity index is -0.000000551. The van der Waals surface area contributed by atoms with E-state index in [0.29, 0.717) is 5.92 Å². The summed E-state index contributed by atoms with van der Waals surface area (Å²) in [5, 5.41) is 14.0. The summed E-state index contributed by atoms with van der Waals surface area (Å²) in [6.45, 7) is 12.0. The zero-order chi connectivity index (χ0) is 28.4. The lowest BCUT2D eigenvalue weighted by molar-refractivity contribution is 0.0986. The van der Waals surface area contributed by atoms with Crippen LogP contribution in [-0.2, 0) is 11.2 Å². The third-order valence-corrected chi connectivity index (χ3v) is 6.10. The van der Waals surface area contributed by atoms with Crippen molar-refractivity contribution >= 4 is 0 Å². The Kier molecular flexibility index (Phi) is 38.9. The van der Waals surface area contributed by atoms with Gasteiger partial charge in [0, 0.05) is 27.2 Å². The van der Waals surface area contributed by atoms with Gasteiger partial charge in [0.05, 0.1) is 6.61 Å². The van der Waals surface area contributed by atoms with Crippen LogP contribution in [0.2, 0.25) is 0 Å². The van der Waals surface area contributed by atoms with Crippen molar-refractivity contribution in [2.24, 2.45) is 11.8 Å². The molecule has 2 N–H and O–H groups in total. The van der Waals surface area contributed by atoms with Gasteiger partial charge < -0.3 is 14.9 Å². The van der Waals surface area contributed by atoms with Crippen molar-refractivity contribution in [3.63, 3.8) is 0 Å². The van der Waals surface area contributed by atoms with Crippen molar-refractivity contribution in [1.82, 2.24) is 0 Å². The summed E-state index contributed by atoms with van der Waals surface area (Å²) in [5.41, 5.74) is 1.49. The molecule has 0 aliphatic heterocycles. The monoisotopic (exact) mass is 516 g/mol. The first kappa shape index (κ1) is 39.6. The van der Waals surface area contributed by atoms with Crippen molar-refractivity contribution in [1.29, 1.82) is 0 Å². The van der Waals surface area contributed by atoms with Gasteiger partial charge >= 0.3 is 0 Å². The SMILES string of the molecule is C#CCC(CC=C)COCCCC/C=C\C.CCCC(CC)CCCCCc1ccccc1.CO.CO. The van der Waals surface area contributed by atoms with Gasteiger partial charge in [0.15, 0.2) is 0 Å². The molecule has 0 spiro atoms. The van der Waals surface area contributed by atoms with Crippen molar-refractivity contribution in [3.05, 3.63) is 60.7 Å². The van der Waals surface area contributed by atoms with Gasteiger partial charge in [-0.1, -0.05) is 101 Å². The number of ether oxygens (including phenoxy) is 1. The summed E-state index contributed by atoms with van der Waals surface area (Å²) >= 11 is 0. The Hall–Kier alpha value is -1.86. The smallest absolute Gasteiger partial charge is 0.0506 e. The van der Waals surface area contributed by atoms with Crippen LogP contribution < -0.4 is 0 Å². The molecule has 0 aliphatic rings. The van der Waals surface area contributed by atoms with Crippen LogP contribution in [0.1, 0.15) is 103 Å². The molecule has 0 amide bonds. The van der Waals surface area contributed by atoms with Crippen LogP contribution in [0.4, 0.5) is 0 Å². The number of hydrogen-bond donors (Lipinski definition) is 2. The van der Waals surface area contributed by atoms with E-state index in [4.69, 9.17) is 21.4 Å². The quantitative estimate of drug-likeness (QED) is 0.110. The summed E-state index contributed by atoms with van der Waals surface area (Å²) in [4.78, 5) is 0. The van der Waals surface area contributed by atoms with Crippen LogP contribution in [0.15, 0.2) is 55.1 Å². The predicted molar refractivity (Wildman–Crippen MR) is 165 cm³/mol. The van der Waals surface area contributed by atoms with Gasteiger partial charge in [0.25, 0.3) is 0 Å². The maximum absolute atomic E-state index is 7.00. The zero-order valence-corrected chi connectivity index (χ0v) is 25.0. The van der Waals surface area contributed by atoms with Gasteiger partial charge in [-0.2, -0.15) is 0 Å². The molecule has 214 valence electrons. The molecule has 0 saturated heterocycles. The molecular formula is C34H60O3. The summed E-state index contributed by atoms with van der Waals surface area (Å²) in [6.07, 6.45) is 27.7. The van der Waals surface area contributed by atoms with E-state index < -0.39 is 0 Å². The summed E-state index contributed by atoms with van der Waals surface area (Å²) in [5.74, 6) is 4.11.